The van der Waals surface area contributed by atoms with E-state index in [0.29, 0.717) is 11.8 Å². The minimum atomic E-state index is 0.0194. The summed E-state index contributed by atoms with van der Waals surface area (Å²) in [5.74, 6) is 1.09. The molecule has 0 bridgehead atoms. The van der Waals surface area contributed by atoms with Gasteiger partial charge in [0.2, 0.25) is 0 Å². The van der Waals surface area contributed by atoms with Crippen LogP contribution >= 0.6 is 0 Å². The Morgan fingerprint density at radius 1 is 0.955 bits per heavy atom. The van der Waals surface area contributed by atoms with Crippen LogP contribution in [0.4, 0.5) is 0 Å². The van der Waals surface area contributed by atoms with Crippen LogP contribution in [0.2, 0.25) is 0 Å². The number of benzene rings is 2. The average Bonchev–Trinajstić information content (AvgIpc) is 3.01. The molecule has 3 nitrogen and oxygen atoms in total. The molecule has 3 rings (SSSR count). The molecule has 0 unspecified atom stereocenters. The molecule has 0 spiro atoms. The molecule has 2 N–H and O–H groups in total. The zero-order valence-electron chi connectivity index (χ0n) is 12.7. The fourth-order valence-electron chi connectivity index (χ4n) is 3.10. The summed E-state index contributed by atoms with van der Waals surface area (Å²) in [6.07, 6.45) is 1.07. The van der Waals surface area contributed by atoms with Gasteiger partial charge in [0.15, 0.2) is 0 Å². The molecule has 1 aliphatic heterocycles. The second-order valence-corrected chi connectivity index (χ2v) is 5.94. The van der Waals surface area contributed by atoms with Crippen molar-refractivity contribution in [3.8, 4) is 0 Å². The fourth-order valence-corrected chi connectivity index (χ4v) is 3.10. The van der Waals surface area contributed by atoms with Gasteiger partial charge in [0.05, 0.1) is 0 Å². The number of hydrogen-bond acceptors (Lipinski definition) is 2. The first-order valence-electron chi connectivity index (χ1n) is 7.91. The zero-order chi connectivity index (χ0) is 15.2. The number of nitrogens with one attached hydrogen (secondary N) is 2. The molecule has 1 amide bonds. The highest BCUT2D eigenvalue weighted by atomic mass is 16.1. The summed E-state index contributed by atoms with van der Waals surface area (Å²) in [7, 11) is 0. The Morgan fingerprint density at radius 3 is 2.32 bits per heavy atom. The summed E-state index contributed by atoms with van der Waals surface area (Å²) in [6, 6.07) is 20.0. The van der Waals surface area contributed by atoms with Crippen LogP contribution in [0.3, 0.4) is 0 Å². The number of amides is 1. The molecule has 114 valence electrons. The Balaban J connectivity index is 1.54. The predicted octanol–water partition coefficient (Wildman–Crippen LogP) is 2.49. The Morgan fingerprint density at radius 2 is 1.59 bits per heavy atom. The largest absolute Gasteiger partial charge is 0.352 e. The first-order chi connectivity index (χ1) is 10.8. The van der Waals surface area contributed by atoms with E-state index in [-0.39, 0.29) is 5.91 Å². The van der Waals surface area contributed by atoms with Gasteiger partial charge in [-0.05, 0) is 49.0 Å². The summed E-state index contributed by atoms with van der Waals surface area (Å²) in [5, 5.41) is 6.53. The average molecular weight is 294 g/mol. The highest BCUT2D eigenvalue weighted by Crippen LogP contribution is 2.21. The predicted molar refractivity (Wildman–Crippen MR) is 88.8 cm³/mol. The first-order valence-corrected chi connectivity index (χ1v) is 7.91. The summed E-state index contributed by atoms with van der Waals surface area (Å²) in [4.78, 5) is 12.1. The number of hydrogen-bond donors (Lipinski definition) is 2. The number of carbonyl (C=O) groups is 1. The Kier molecular flexibility index (Phi) is 4.86. The maximum absolute atomic E-state index is 12.1. The van der Waals surface area contributed by atoms with Gasteiger partial charge >= 0.3 is 0 Å². The molecule has 0 aliphatic carbocycles. The van der Waals surface area contributed by atoms with Crippen molar-refractivity contribution in [2.45, 2.75) is 6.42 Å². The van der Waals surface area contributed by atoms with Gasteiger partial charge in [-0.3, -0.25) is 4.79 Å². The van der Waals surface area contributed by atoms with Gasteiger partial charge in [-0.25, -0.2) is 0 Å². The van der Waals surface area contributed by atoms with Crippen LogP contribution < -0.4 is 10.6 Å². The van der Waals surface area contributed by atoms with Gasteiger partial charge in [0.1, 0.15) is 0 Å². The van der Waals surface area contributed by atoms with E-state index < -0.39 is 0 Å². The lowest BCUT2D eigenvalue weighted by molar-refractivity contribution is 0.0945. The minimum absolute atomic E-state index is 0.0194. The number of rotatable bonds is 5. The van der Waals surface area contributed by atoms with Gasteiger partial charge in [0, 0.05) is 12.1 Å². The lowest BCUT2D eigenvalue weighted by Crippen LogP contribution is -2.33. The van der Waals surface area contributed by atoms with Crippen LogP contribution in [0.5, 0.6) is 0 Å². The van der Waals surface area contributed by atoms with Crippen molar-refractivity contribution in [3.05, 3.63) is 71.8 Å². The van der Waals surface area contributed by atoms with Crippen LogP contribution in [-0.2, 0) is 6.42 Å². The Labute approximate surface area is 131 Å². The van der Waals surface area contributed by atoms with Crippen LogP contribution in [0.15, 0.2) is 60.7 Å². The van der Waals surface area contributed by atoms with Crippen molar-refractivity contribution in [2.24, 2.45) is 11.8 Å². The van der Waals surface area contributed by atoms with E-state index in [1.165, 1.54) is 5.56 Å². The van der Waals surface area contributed by atoms with Crippen LogP contribution in [-0.4, -0.2) is 25.5 Å². The molecule has 2 atom stereocenters. The molecular weight excluding hydrogens is 272 g/mol. The molecule has 0 aromatic heterocycles. The minimum Gasteiger partial charge on any atom is -0.352 e. The quantitative estimate of drug-likeness (QED) is 0.889. The fraction of sp³-hybridized carbons (Fsp3) is 0.316. The molecule has 22 heavy (non-hydrogen) atoms. The molecule has 2 aromatic rings. The highest BCUT2D eigenvalue weighted by molar-refractivity contribution is 5.94. The van der Waals surface area contributed by atoms with Crippen molar-refractivity contribution < 1.29 is 4.79 Å². The lowest BCUT2D eigenvalue weighted by Gasteiger charge is -2.19. The maximum Gasteiger partial charge on any atom is 0.251 e. The van der Waals surface area contributed by atoms with Gasteiger partial charge in [-0.1, -0.05) is 48.5 Å². The van der Waals surface area contributed by atoms with Crippen LogP contribution in [0.25, 0.3) is 0 Å². The van der Waals surface area contributed by atoms with E-state index in [2.05, 4.69) is 34.9 Å². The number of carbonyl (C=O) groups excluding carboxylic acids is 1. The normalized spacial score (nSPS) is 20.7. The van der Waals surface area contributed by atoms with Crippen molar-refractivity contribution >= 4 is 5.91 Å². The van der Waals surface area contributed by atoms with E-state index >= 15 is 0 Å². The van der Waals surface area contributed by atoms with E-state index in [0.717, 1.165) is 31.6 Å². The zero-order valence-corrected chi connectivity index (χ0v) is 12.7. The lowest BCUT2D eigenvalue weighted by atomic mass is 9.89. The molecule has 1 fully saturated rings. The molecule has 1 saturated heterocycles. The second kappa shape index (κ2) is 7.23. The topological polar surface area (TPSA) is 41.1 Å². The van der Waals surface area contributed by atoms with E-state index in [9.17, 15) is 4.79 Å². The van der Waals surface area contributed by atoms with Crippen molar-refractivity contribution in [2.75, 3.05) is 19.6 Å². The summed E-state index contributed by atoms with van der Waals surface area (Å²) in [6.45, 7) is 2.74. The van der Waals surface area contributed by atoms with Gasteiger partial charge < -0.3 is 10.6 Å². The second-order valence-electron chi connectivity index (χ2n) is 5.94. The molecule has 0 saturated carbocycles. The monoisotopic (exact) mass is 294 g/mol. The summed E-state index contributed by atoms with van der Waals surface area (Å²) in [5.41, 5.74) is 2.10. The van der Waals surface area contributed by atoms with Crippen LogP contribution in [0, 0.1) is 11.8 Å². The SMILES string of the molecule is O=C(NC[C@H]1CNC[C@@H]1Cc1ccccc1)c1ccccc1. The van der Waals surface area contributed by atoms with Gasteiger partial charge in [-0.2, -0.15) is 0 Å². The van der Waals surface area contributed by atoms with Gasteiger partial charge in [0.25, 0.3) is 5.91 Å². The Bertz CT molecular complexity index is 597. The van der Waals surface area contributed by atoms with Crippen molar-refractivity contribution in [1.82, 2.24) is 10.6 Å². The summed E-state index contributed by atoms with van der Waals surface area (Å²) < 4.78 is 0. The molecule has 1 heterocycles. The van der Waals surface area contributed by atoms with E-state index in [4.69, 9.17) is 0 Å². The molecule has 0 radical (unpaired) electrons. The maximum atomic E-state index is 12.1. The van der Waals surface area contributed by atoms with E-state index in [1.807, 2.05) is 36.4 Å². The van der Waals surface area contributed by atoms with Crippen molar-refractivity contribution in [1.29, 1.82) is 0 Å². The molecule has 3 heteroatoms. The van der Waals surface area contributed by atoms with Crippen LogP contribution in [0.1, 0.15) is 15.9 Å². The third-order valence-corrected chi connectivity index (χ3v) is 4.38. The third kappa shape index (κ3) is 3.74. The standard InChI is InChI=1S/C19H22N2O/c22-19(16-9-5-2-6-10-16)21-14-18-13-20-12-17(18)11-15-7-3-1-4-8-15/h1-10,17-18,20H,11-14H2,(H,21,22)/t17-,18+/m0/s1. The van der Waals surface area contributed by atoms with Crippen molar-refractivity contribution in [3.63, 3.8) is 0 Å². The highest BCUT2D eigenvalue weighted by Gasteiger charge is 2.27. The molecule has 2 aromatic carbocycles. The Hall–Kier alpha value is -2.13. The van der Waals surface area contributed by atoms with Gasteiger partial charge in [-0.15, -0.1) is 0 Å². The third-order valence-electron chi connectivity index (χ3n) is 4.38. The smallest absolute Gasteiger partial charge is 0.251 e. The summed E-state index contributed by atoms with van der Waals surface area (Å²) >= 11 is 0. The molecular formula is C19H22N2O. The first kappa shape index (κ1) is 14.8. The van der Waals surface area contributed by atoms with E-state index in [1.54, 1.807) is 0 Å². The molecule has 1 aliphatic rings.